The fraction of sp³-hybridized carbons (Fsp3) is 0.875. The molecule has 1 heterocycles. The lowest BCUT2D eigenvalue weighted by atomic mass is 9.76. The van der Waals surface area contributed by atoms with Gasteiger partial charge in [0.05, 0.1) is 25.7 Å². The Morgan fingerprint density at radius 1 is 1.67 bits per heavy atom. The summed E-state index contributed by atoms with van der Waals surface area (Å²) >= 11 is 0. The van der Waals surface area contributed by atoms with Crippen molar-refractivity contribution in [1.82, 2.24) is 0 Å². The van der Waals surface area contributed by atoms with Gasteiger partial charge in [-0.15, -0.1) is 0 Å². The third kappa shape index (κ3) is 1.59. The van der Waals surface area contributed by atoms with Gasteiger partial charge in [0, 0.05) is 5.41 Å². The number of carboxylic acid groups (broad SMARTS) is 1. The Kier molecular flexibility index (Phi) is 2.69. The van der Waals surface area contributed by atoms with Crippen molar-refractivity contribution < 1.29 is 19.7 Å². The lowest BCUT2D eigenvalue weighted by Gasteiger charge is -2.43. The highest BCUT2D eigenvalue weighted by atomic mass is 16.5. The van der Waals surface area contributed by atoms with Crippen LogP contribution in [0, 0.1) is 5.41 Å². The monoisotopic (exact) mass is 174 g/mol. The van der Waals surface area contributed by atoms with Crippen molar-refractivity contribution in [2.75, 3.05) is 13.2 Å². The van der Waals surface area contributed by atoms with Gasteiger partial charge in [-0.05, 0) is 6.42 Å². The van der Waals surface area contributed by atoms with Crippen LogP contribution < -0.4 is 0 Å². The molecule has 1 rings (SSSR count). The molecule has 12 heavy (non-hydrogen) atoms. The zero-order chi connectivity index (χ0) is 9.19. The molecule has 1 unspecified atom stereocenters. The Hall–Kier alpha value is -0.610. The second-order valence-corrected chi connectivity index (χ2v) is 3.32. The molecule has 0 aliphatic carbocycles. The second kappa shape index (κ2) is 3.41. The zero-order valence-corrected chi connectivity index (χ0v) is 7.12. The van der Waals surface area contributed by atoms with Gasteiger partial charge in [0.1, 0.15) is 0 Å². The number of ether oxygens (including phenoxy) is 1. The van der Waals surface area contributed by atoms with Crippen LogP contribution in [0.1, 0.15) is 19.8 Å². The third-order valence-corrected chi connectivity index (χ3v) is 2.56. The number of carboxylic acids is 1. The number of aliphatic hydroxyl groups is 1. The Morgan fingerprint density at radius 3 is 2.50 bits per heavy atom. The van der Waals surface area contributed by atoms with Gasteiger partial charge in [0.15, 0.2) is 0 Å². The highest BCUT2D eigenvalue weighted by Gasteiger charge is 2.44. The van der Waals surface area contributed by atoms with Gasteiger partial charge in [0.2, 0.25) is 0 Å². The molecule has 1 atom stereocenters. The van der Waals surface area contributed by atoms with E-state index in [4.69, 9.17) is 9.84 Å². The number of carbonyl (C=O) groups is 1. The quantitative estimate of drug-likeness (QED) is 0.641. The van der Waals surface area contributed by atoms with Crippen LogP contribution in [-0.4, -0.2) is 35.5 Å². The van der Waals surface area contributed by atoms with E-state index in [0.29, 0.717) is 13.2 Å². The molecule has 0 radical (unpaired) electrons. The molecule has 1 saturated heterocycles. The first-order valence-corrected chi connectivity index (χ1v) is 4.08. The molecule has 0 saturated carbocycles. The first-order valence-electron chi connectivity index (χ1n) is 4.08. The smallest absolute Gasteiger partial charge is 0.305 e. The highest BCUT2D eigenvalue weighted by Crippen LogP contribution is 2.36. The summed E-state index contributed by atoms with van der Waals surface area (Å²) in [5.74, 6) is -0.956. The van der Waals surface area contributed by atoms with Crippen molar-refractivity contribution in [3.63, 3.8) is 0 Å². The van der Waals surface area contributed by atoms with E-state index in [1.807, 2.05) is 6.92 Å². The van der Waals surface area contributed by atoms with Crippen LogP contribution in [0.3, 0.4) is 0 Å². The van der Waals surface area contributed by atoms with E-state index in [0.717, 1.165) is 6.42 Å². The van der Waals surface area contributed by atoms with E-state index >= 15 is 0 Å². The van der Waals surface area contributed by atoms with E-state index < -0.39 is 12.1 Å². The predicted octanol–water partition coefficient (Wildman–Crippen LogP) is 0.249. The normalized spacial score (nSPS) is 22.8. The second-order valence-electron chi connectivity index (χ2n) is 3.32. The Morgan fingerprint density at radius 2 is 2.25 bits per heavy atom. The average molecular weight is 174 g/mol. The largest absolute Gasteiger partial charge is 0.481 e. The fourth-order valence-electron chi connectivity index (χ4n) is 1.38. The minimum atomic E-state index is -0.956. The van der Waals surface area contributed by atoms with Crippen LogP contribution in [0.15, 0.2) is 0 Å². The molecule has 0 aromatic heterocycles. The topological polar surface area (TPSA) is 66.8 Å². The van der Waals surface area contributed by atoms with Crippen molar-refractivity contribution >= 4 is 5.97 Å². The Balaban J connectivity index is 2.48. The van der Waals surface area contributed by atoms with Crippen LogP contribution in [-0.2, 0) is 9.53 Å². The molecule has 0 amide bonds. The molecule has 1 aliphatic rings. The Labute approximate surface area is 71.2 Å². The van der Waals surface area contributed by atoms with Gasteiger partial charge in [-0.2, -0.15) is 0 Å². The first-order chi connectivity index (χ1) is 5.60. The third-order valence-electron chi connectivity index (χ3n) is 2.56. The van der Waals surface area contributed by atoms with Crippen molar-refractivity contribution in [3.05, 3.63) is 0 Å². The van der Waals surface area contributed by atoms with Crippen molar-refractivity contribution in [2.45, 2.75) is 25.9 Å². The van der Waals surface area contributed by atoms with Crippen molar-refractivity contribution in [3.8, 4) is 0 Å². The van der Waals surface area contributed by atoms with Gasteiger partial charge < -0.3 is 14.9 Å². The maximum Gasteiger partial charge on any atom is 0.305 e. The standard InChI is InChI=1S/C8H14O4/c1-2-8(4-12-5-8)6(9)3-7(10)11/h6,9H,2-5H2,1H3,(H,10,11). The summed E-state index contributed by atoms with van der Waals surface area (Å²) < 4.78 is 4.98. The molecule has 70 valence electrons. The fourth-order valence-corrected chi connectivity index (χ4v) is 1.38. The summed E-state index contributed by atoms with van der Waals surface area (Å²) in [6, 6.07) is 0. The van der Waals surface area contributed by atoms with Gasteiger partial charge in [0.25, 0.3) is 0 Å². The number of hydrogen-bond acceptors (Lipinski definition) is 3. The van der Waals surface area contributed by atoms with Gasteiger partial charge in [-0.1, -0.05) is 6.92 Å². The first kappa shape index (κ1) is 9.48. The van der Waals surface area contributed by atoms with Gasteiger partial charge in [-0.25, -0.2) is 0 Å². The van der Waals surface area contributed by atoms with Gasteiger partial charge >= 0.3 is 5.97 Å². The number of rotatable bonds is 4. The number of hydrogen-bond donors (Lipinski definition) is 2. The van der Waals surface area contributed by atoms with Crippen LogP contribution in [0.5, 0.6) is 0 Å². The summed E-state index contributed by atoms with van der Waals surface area (Å²) in [6.45, 7) is 2.91. The summed E-state index contributed by atoms with van der Waals surface area (Å²) in [5.41, 5.74) is -0.293. The van der Waals surface area contributed by atoms with Crippen molar-refractivity contribution in [1.29, 1.82) is 0 Å². The lowest BCUT2D eigenvalue weighted by molar-refractivity contribution is -0.180. The van der Waals surface area contributed by atoms with E-state index in [1.165, 1.54) is 0 Å². The number of aliphatic carboxylic acids is 1. The van der Waals surface area contributed by atoms with Crippen LogP contribution in [0.25, 0.3) is 0 Å². The predicted molar refractivity (Wildman–Crippen MR) is 41.8 cm³/mol. The average Bonchev–Trinajstić information content (AvgIpc) is 1.83. The molecule has 0 bridgehead atoms. The van der Waals surface area contributed by atoms with Crippen LogP contribution in [0.2, 0.25) is 0 Å². The summed E-state index contributed by atoms with van der Waals surface area (Å²) in [4.78, 5) is 10.3. The molecule has 4 nitrogen and oxygen atoms in total. The molecular formula is C8H14O4. The van der Waals surface area contributed by atoms with Crippen molar-refractivity contribution in [2.24, 2.45) is 5.41 Å². The Bertz CT molecular complexity index is 168. The molecular weight excluding hydrogens is 160 g/mol. The highest BCUT2D eigenvalue weighted by molar-refractivity contribution is 5.67. The maximum atomic E-state index is 10.3. The van der Waals surface area contributed by atoms with Crippen LogP contribution in [0.4, 0.5) is 0 Å². The van der Waals surface area contributed by atoms with E-state index in [-0.39, 0.29) is 11.8 Å². The molecule has 0 spiro atoms. The molecule has 4 heteroatoms. The van der Waals surface area contributed by atoms with Crippen LogP contribution >= 0.6 is 0 Å². The van der Waals surface area contributed by atoms with E-state index in [9.17, 15) is 9.90 Å². The van der Waals surface area contributed by atoms with E-state index in [2.05, 4.69) is 0 Å². The number of aliphatic hydroxyl groups excluding tert-OH is 1. The minimum Gasteiger partial charge on any atom is -0.481 e. The molecule has 0 aromatic rings. The summed E-state index contributed by atoms with van der Waals surface area (Å²) in [7, 11) is 0. The molecule has 0 aromatic carbocycles. The summed E-state index contributed by atoms with van der Waals surface area (Å²) in [5, 5.41) is 18.0. The summed E-state index contributed by atoms with van der Waals surface area (Å²) in [6.07, 6.45) is -0.188. The molecule has 1 aliphatic heterocycles. The SMILES string of the molecule is CCC1(C(O)CC(=O)O)COC1. The van der Waals surface area contributed by atoms with E-state index in [1.54, 1.807) is 0 Å². The lowest BCUT2D eigenvalue weighted by Crippen LogP contribution is -2.51. The molecule has 2 N–H and O–H groups in total. The zero-order valence-electron chi connectivity index (χ0n) is 7.12. The minimum absolute atomic E-state index is 0.183. The maximum absolute atomic E-state index is 10.3. The molecule has 1 fully saturated rings. The van der Waals surface area contributed by atoms with Gasteiger partial charge in [-0.3, -0.25) is 4.79 Å².